The van der Waals surface area contributed by atoms with Crippen molar-refractivity contribution in [2.24, 2.45) is 11.8 Å². The number of aromatic hydroxyl groups is 1. The molecule has 5 rings (SSSR count). The summed E-state index contributed by atoms with van der Waals surface area (Å²) in [6.45, 7) is 7.88. The zero-order valence-corrected chi connectivity index (χ0v) is 31.2. The van der Waals surface area contributed by atoms with Crippen molar-refractivity contribution in [3.8, 4) is 46.0 Å². The van der Waals surface area contributed by atoms with Gasteiger partial charge in [0.2, 0.25) is 0 Å². The van der Waals surface area contributed by atoms with Crippen LogP contribution in [0.2, 0.25) is 0 Å². The molecule has 0 spiro atoms. The van der Waals surface area contributed by atoms with Crippen LogP contribution in [-0.2, 0) is 4.74 Å². The molecule has 0 bridgehead atoms. The molecule has 0 aromatic heterocycles. The highest BCUT2D eigenvalue weighted by Crippen LogP contribution is 2.51. The van der Waals surface area contributed by atoms with Crippen LogP contribution in [0.15, 0.2) is 72.8 Å². The van der Waals surface area contributed by atoms with E-state index in [4.69, 9.17) is 37.9 Å². The zero-order valence-electron chi connectivity index (χ0n) is 31.2. The van der Waals surface area contributed by atoms with E-state index in [1.165, 1.54) is 13.2 Å². The Labute approximate surface area is 305 Å². The molecule has 0 saturated carbocycles. The fourth-order valence-corrected chi connectivity index (χ4v) is 6.64. The van der Waals surface area contributed by atoms with Crippen molar-refractivity contribution in [2.45, 2.75) is 64.3 Å². The van der Waals surface area contributed by atoms with Crippen molar-refractivity contribution in [2.75, 3.05) is 35.5 Å². The molecular weight excluding hydrogens is 668 g/mol. The van der Waals surface area contributed by atoms with Gasteiger partial charge in [-0.15, -0.1) is 0 Å². The van der Waals surface area contributed by atoms with Gasteiger partial charge < -0.3 is 53.2 Å². The Morgan fingerprint density at radius 1 is 0.500 bits per heavy atom. The van der Waals surface area contributed by atoms with E-state index in [1.807, 2.05) is 36.4 Å². The first-order valence-electron chi connectivity index (χ1n) is 17.2. The van der Waals surface area contributed by atoms with Crippen molar-refractivity contribution < 1.29 is 53.2 Å². The Hall–Kier alpha value is -4.84. The normalized spacial score (nSPS) is 20.7. The number of ether oxygens (including phenoxy) is 8. The SMILES string of the molecule is COc1ccc(C(O)C(C)Oc2ccc(C3OC(c4ccc(OC(C)C(O)c5ccc(OC)c(OC)c5)c(OC)c4)C(C)C3C)cc2OC)cc1O. The van der Waals surface area contributed by atoms with E-state index in [0.29, 0.717) is 51.4 Å². The summed E-state index contributed by atoms with van der Waals surface area (Å²) in [5, 5.41) is 32.2. The molecule has 1 fully saturated rings. The van der Waals surface area contributed by atoms with Crippen LogP contribution in [-0.4, -0.2) is 63.1 Å². The lowest BCUT2D eigenvalue weighted by atomic mass is 9.85. The summed E-state index contributed by atoms with van der Waals surface area (Å²) in [7, 11) is 7.74. The van der Waals surface area contributed by atoms with Crippen LogP contribution in [0, 0.1) is 11.8 Å². The second-order valence-corrected chi connectivity index (χ2v) is 13.1. The third-order valence-corrected chi connectivity index (χ3v) is 9.92. The number of benzene rings is 4. The number of hydrogen-bond acceptors (Lipinski definition) is 11. The molecule has 4 aromatic rings. The first-order chi connectivity index (χ1) is 24.9. The Balaban J connectivity index is 1.29. The summed E-state index contributed by atoms with van der Waals surface area (Å²) >= 11 is 0. The minimum Gasteiger partial charge on any atom is -0.504 e. The third kappa shape index (κ3) is 7.96. The fraction of sp³-hybridized carbons (Fsp3) is 0.415. The van der Waals surface area contributed by atoms with E-state index in [2.05, 4.69) is 13.8 Å². The summed E-state index contributed by atoms with van der Waals surface area (Å²) in [6.07, 6.45) is -3.66. The van der Waals surface area contributed by atoms with Gasteiger partial charge in [0, 0.05) is 0 Å². The molecule has 11 heteroatoms. The van der Waals surface area contributed by atoms with Crippen molar-refractivity contribution in [1.82, 2.24) is 0 Å². The molecule has 1 saturated heterocycles. The molecule has 0 radical (unpaired) electrons. The minimum atomic E-state index is -1.01. The second-order valence-electron chi connectivity index (χ2n) is 13.1. The summed E-state index contributed by atoms with van der Waals surface area (Å²) in [4.78, 5) is 0. The zero-order chi connectivity index (χ0) is 37.7. The van der Waals surface area contributed by atoms with Crippen LogP contribution in [0.25, 0.3) is 0 Å². The maximum Gasteiger partial charge on any atom is 0.161 e. The van der Waals surface area contributed by atoms with Gasteiger partial charge in [0.25, 0.3) is 0 Å². The van der Waals surface area contributed by atoms with Crippen molar-refractivity contribution >= 4 is 0 Å². The lowest BCUT2D eigenvalue weighted by Gasteiger charge is -2.24. The van der Waals surface area contributed by atoms with Crippen LogP contribution in [0.4, 0.5) is 0 Å². The van der Waals surface area contributed by atoms with E-state index >= 15 is 0 Å². The minimum absolute atomic E-state index is 0.0639. The summed E-state index contributed by atoms with van der Waals surface area (Å²) < 4.78 is 46.4. The largest absolute Gasteiger partial charge is 0.504 e. The number of rotatable bonds is 15. The predicted molar refractivity (Wildman–Crippen MR) is 195 cm³/mol. The predicted octanol–water partition coefficient (Wildman–Crippen LogP) is 7.52. The smallest absolute Gasteiger partial charge is 0.161 e. The molecule has 1 aliphatic heterocycles. The van der Waals surface area contributed by atoms with Crippen molar-refractivity contribution in [3.05, 3.63) is 95.1 Å². The van der Waals surface area contributed by atoms with Gasteiger partial charge in [-0.1, -0.05) is 38.1 Å². The average Bonchev–Trinajstić information content (AvgIpc) is 3.46. The number of phenols is 1. The van der Waals surface area contributed by atoms with Crippen LogP contribution in [0.5, 0.6) is 46.0 Å². The Morgan fingerprint density at radius 2 is 0.885 bits per heavy atom. The Morgan fingerprint density at radius 3 is 1.31 bits per heavy atom. The van der Waals surface area contributed by atoms with Crippen LogP contribution in [0.3, 0.4) is 0 Å². The van der Waals surface area contributed by atoms with Gasteiger partial charge in [0.15, 0.2) is 46.0 Å². The number of phenolic OH excluding ortho intramolecular Hbond substituents is 1. The average molecular weight is 719 g/mol. The lowest BCUT2D eigenvalue weighted by molar-refractivity contribution is 0.0281. The van der Waals surface area contributed by atoms with E-state index in [-0.39, 0.29) is 29.8 Å². The summed E-state index contributed by atoms with van der Waals surface area (Å²) in [6, 6.07) is 21.4. The van der Waals surface area contributed by atoms with Gasteiger partial charge in [0.1, 0.15) is 24.4 Å². The molecule has 4 aromatic carbocycles. The first kappa shape index (κ1) is 38.4. The van der Waals surface area contributed by atoms with Crippen LogP contribution < -0.4 is 33.2 Å². The van der Waals surface area contributed by atoms with Gasteiger partial charge >= 0.3 is 0 Å². The summed E-state index contributed by atoms with van der Waals surface area (Å²) in [5.41, 5.74) is 3.00. The van der Waals surface area contributed by atoms with E-state index in [1.54, 1.807) is 72.6 Å². The lowest BCUT2D eigenvalue weighted by Crippen LogP contribution is -2.22. The van der Waals surface area contributed by atoms with Gasteiger partial charge in [-0.3, -0.25) is 0 Å². The Kier molecular flexibility index (Phi) is 12.3. The molecule has 52 heavy (non-hydrogen) atoms. The molecule has 280 valence electrons. The molecule has 1 heterocycles. The van der Waals surface area contributed by atoms with E-state index < -0.39 is 24.4 Å². The third-order valence-electron chi connectivity index (χ3n) is 9.92. The highest BCUT2D eigenvalue weighted by molar-refractivity contribution is 5.47. The van der Waals surface area contributed by atoms with E-state index in [0.717, 1.165) is 11.1 Å². The second kappa shape index (κ2) is 16.7. The standard InChI is InChI=1S/C41H50O11/c1-22-23(2)41(29-13-17-34(37(21-29)49-9)51-25(4)39(44)27-11-15-32(46-6)35(19-27)47-7)52-40(22)28-12-16-33(36(20-28)48-8)50-24(3)38(43)26-10-14-31(45-5)30(42)18-26/h10-25,38-44H,1-9H3. The maximum atomic E-state index is 11.1. The van der Waals surface area contributed by atoms with Gasteiger partial charge in [-0.05, 0) is 96.5 Å². The molecule has 8 atom stereocenters. The molecule has 8 unspecified atom stereocenters. The van der Waals surface area contributed by atoms with Gasteiger partial charge in [-0.25, -0.2) is 0 Å². The number of hydrogen-bond donors (Lipinski definition) is 3. The highest BCUT2D eigenvalue weighted by Gasteiger charge is 2.41. The maximum absolute atomic E-state index is 11.1. The van der Waals surface area contributed by atoms with Gasteiger partial charge in [-0.2, -0.15) is 0 Å². The molecule has 0 aliphatic carbocycles. The number of methoxy groups -OCH3 is 5. The monoisotopic (exact) mass is 718 g/mol. The Bertz CT molecular complexity index is 1810. The molecule has 0 amide bonds. The van der Waals surface area contributed by atoms with Crippen LogP contribution in [0.1, 0.15) is 74.4 Å². The molecular formula is C41H50O11. The number of aliphatic hydroxyl groups excluding tert-OH is 2. The van der Waals surface area contributed by atoms with Crippen LogP contribution >= 0.6 is 0 Å². The van der Waals surface area contributed by atoms with Gasteiger partial charge in [0.05, 0.1) is 47.8 Å². The topological polar surface area (TPSA) is 135 Å². The van der Waals surface area contributed by atoms with Crippen molar-refractivity contribution in [1.29, 1.82) is 0 Å². The molecule has 3 N–H and O–H groups in total. The quantitative estimate of drug-likeness (QED) is 0.113. The highest BCUT2D eigenvalue weighted by atomic mass is 16.5. The van der Waals surface area contributed by atoms with E-state index in [9.17, 15) is 15.3 Å². The molecule has 1 aliphatic rings. The van der Waals surface area contributed by atoms with Crippen molar-refractivity contribution in [3.63, 3.8) is 0 Å². The first-order valence-corrected chi connectivity index (χ1v) is 17.2. The summed E-state index contributed by atoms with van der Waals surface area (Å²) in [5.74, 6) is 3.67. The fourth-order valence-electron chi connectivity index (χ4n) is 6.64. The number of aliphatic hydroxyl groups is 2. The molecule has 11 nitrogen and oxygen atoms in total.